The molecule has 18 heavy (non-hydrogen) atoms. The van der Waals surface area contributed by atoms with Gasteiger partial charge in [-0.05, 0) is 25.2 Å². The highest BCUT2D eigenvalue weighted by Gasteiger charge is 2.36. The van der Waals surface area contributed by atoms with Crippen LogP contribution in [0, 0.1) is 12.3 Å². The zero-order chi connectivity index (χ0) is 13.5. The van der Waals surface area contributed by atoms with E-state index < -0.39 is 0 Å². The van der Waals surface area contributed by atoms with Gasteiger partial charge in [-0.25, -0.2) is 0 Å². The molecular weight excluding hydrogens is 228 g/mol. The average molecular weight is 250 g/mol. The first-order valence-corrected chi connectivity index (χ1v) is 6.43. The Kier molecular flexibility index (Phi) is 3.09. The predicted octanol–water partition coefficient (Wildman–Crippen LogP) is 1.62. The average Bonchev–Trinajstić information content (AvgIpc) is 2.69. The molecule has 1 aromatic heterocycles. The van der Waals surface area contributed by atoms with Gasteiger partial charge in [0.15, 0.2) is 0 Å². The van der Waals surface area contributed by atoms with Gasteiger partial charge in [-0.2, -0.15) is 5.10 Å². The Labute approximate surface area is 108 Å². The summed E-state index contributed by atoms with van der Waals surface area (Å²) in [5, 5.41) is 7.27. The number of carbonyl (C=O) groups excluding carboxylic acids is 1. The molecule has 1 fully saturated rings. The Balaban J connectivity index is 2.18. The quantitative estimate of drug-likeness (QED) is 0.837. The van der Waals surface area contributed by atoms with Crippen molar-refractivity contribution in [3.8, 4) is 0 Å². The van der Waals surface area contributed by atoms with E-state index in [4.69, 9.17) is 5.73 Å². The second-order valence-electron chi connectivity index (χ2n) is 5.88. The van der Waals surface area contributed by atoms with Gasteiger partial charge in [0.05, 0.1) is 11.4 Å². The minimum atomic E-state index is -0.115. The first-order valence-electron chi connectivity index (χ1n) is 6.43. The molecule has 1 saturated carbocycles. The third-order valence-electron chi connectivity index (χ3n) is 4.05. The number of carbonyl (C=O) groups is 1. The fourth-order valence-corrected chi connectivity index (χ4v) is 2.76. The molecule has 1 aliphatic carbocycles. The van der Waals surface area contributed by atoms with Crippen molar-refractivity contribution in [2.45, 2.75) is 46.1 Å². The number of nitrogens with two attached hydrogens (primary N) is 1. The summed E-state index contributed by atoms with van der Waals surface area (Å²) in [7, 11) is 1.75. The fourth-order valence-electron chi connectivity index (χ4n) is 2.76. The van der Waals surface area contributed by atoms with E-state index in [0.717, 1.165) is 19.3 Å². The SMILES string of the molecule is Cc1nn(C)c(C(=O)NC2CCCC2(C)C)c1N. The molecule has 0 aliphatic heterocycles. The van der Waals surface area contributed by atoms with Crippen LogP contribution in [0.2, 0.25) is 0 Å². The van der Waals surface area contributed by atoms with E-state index in [-0.39, 0.29) is 17.4 Å². The summed E-state index contributed by atoms with van der Waals surface area (Å²) in [5.41, 5.74) is 7.71. The topological polar surface area (TPSA) is 72.9 Å². The molecule has 0 bridgehead atoms. The van der Waals surface area contributed by atoms with Crippen LogP contribution in [-0.4, -0.2) is 21.7 Å². The standard InChI is InChI=1S/C13H22N4O/c1-8-10(14)11(17(4)16-8)12(18)15-9-6-5-7-13(9,2)3/h9H,5-7,14H2,1-4H3,(H,15,18). The van der Waals surface area contributed by atoms with Crippen molar-refractivity contribution in [1.29, 1.82) is 0 Å². The van der Waals surface area contributed by atoms with Crippen LogP contribution in [0.1, 0.15) is 49.3 Å². The van der Waals surface area contributed by atoms with E-state index in [1.807, 2.05) is 6.92 Å². The van der Waals surface area contributed by atoms with Gasteiger partial charge >= 0.3 is 0 Å². The number of nitrogen functional groups attached to an aromatic ring is 1. The number of rotatable bonds is 2. The lowest BCUT2D eigenvalue weighted by Crippen LogP contribution is -2.42. The minimum absolute atomic E-state index is 0.115. The van der Waals surface area contributed by atoms with Gasteiger partial charge in [-0.15, -0.1) is 0 Å². The third kappa shape index (κ3) is 2.09. The Morgan fingerprint density at radius 2 is 2.22 bits per heavy atom. The minimum Gasteiger partial charge on any atom is -0.395 e. The number of amides is 1. The van der Waals surface area contributed by atoms with Gasteiger partial charge < -0.3 is 11.1 Å². The summed E-state index contributed by atoms with van der Waals surface area (Å²) >= 11 is 0. The molecule has 1 amide bonds. The fraction of sp³-hybridized carbons (Fsp3) is 0.692. The smallest absolute Gasteiger partial charge is 0.271 e. The van der Waals surface area contributed by atoms with Crippen molar-refractivity contribution in [3.05, 3.63) is 11.4 Å². The molecule has 100 valence electrons. The van der Waals surface area contributed by atoms with Crippen molar-refractivity contribution >= 4 is 11.6 Å². The molecule has 1 heterocycles. The molecule has 2 rings (SSSR count). The maximum Gasteiger partial charge on any atom is 0.271 e. The van der Waals surface area contributed by atoms with Gasteiger partial charge in [-0.1, -0.05) is 20.3 Å². The first kappa shape index (κ1) is 12.9. The lowest BCUT2D eigenvalue weighted by atomic mass is 9.87. The molecule has 0 spiro atoms. The molecule has 0 saturated heterocycles. The largest absolute Gasteiger partial charge is 0.395 e. The van der Waals surface area contributed by atoms with E-state index in [9.17, 15) is 4.79 Å². The summed E-state index contributed by atoms with van der Waals surface area (Å²) in [6, 6.07) is 0.222. The number of aromatic nitrogens is 2. The van der Waals surface area contributed by atoms with Gasteiger partial charge in [0.25, 0.3) is 5.91 Å². The molecule has 1 aromatic rings. The van der Waals surface area contributed by atoms with Gasteiger partial charge in [0, 0.05) is 13.1 Å². The Morgan fingerprint density at radius 3 is 2.67 bits per heavy atom. The van der Waals surface area contributed by atoms with E-state index in [1.165, 1.54) is 0 Å². The van der Waals surface area contributed by atoms with Crippen molar-refractivity contribution in [2.24, 2.45) is 12.5 Å². The molecule has 0 aromatic carbocycles. The van der Waals surface area contributed by atoms with Crippen LogP contribution in [0.4, 0.5) is 5.69 Å². The van der Waals surface area contributed by atoms with E-state index in [2.05, 4.69) is 24.3 Å². The van der Waals surface area contributed by atoms with Crippen LogP contribution >= 0.6 is 0 Å². The van der Waals surface area contributed by atoms with E-state index in [1.54, 1.807) is 11.7 Å². The number of aryl methyl sites for hydroxylation is 2. The normalized spacial score (nSPS) is 22.1. The number of nitrogens with zero attached hydrogens (tertiary/aromatic N) is 2. The van der Waals surface area contributed by atoms with Crippen molar-refractivity contribution in [2.75, 3.05) is 5.73 Å². The summed E-state index contributed by atoms with van der Waals surface area (Å²) < 4.78 is 1.56. The summed E-state index contributed by atoms with van der Waals surface area (Å²) in [6.07, 6.45) is 3.35. The van der Waals surface area contributed by atoms with Crippen LogP contribution in [0.25, 0.3) is 0 Å². The molecule has 5 heteroatoms. The summed E-state index contributed by atoms with van der Waals surface area (Å²) in [4.78, 5) is 12.3. The van der Waals surface area contributed by atoms with Gasteiger partial charge in [0.2, 0.25) is 0 Å². The molecule has 3 N–H and O–H groups in total. The van der Waals surface area contributed by atoms with Crippen LogP contribution in [0.5, 0.6) is 0 Å². The molecule has 1 aliphatic rings. The maximum absolute atomic E-state index is 12.3. The molecular formula is C13H22N4O. The van der Waals surface area contributed by atoms with Crippen molar-refractivity contribution < 1.29 is 4.79 Å². The predicted molar refractivity (Wildman–Crippen MR) is 71.2 cm³/mol. The summed E-state index contributed by atoms with van der Waals surface area (Å²) in [6.45, 7) is 6.21. The monoisotopic (exact) mass is 250 g/mol. The highest BCUT2D eigenvalue weighted by Crippen LogP contribution is 2.37. The third-order valence-corrected chi connectivity index (χ3v) is 4.05. The number of hydrogen-bond acceptors (Lipinski definition) is 3. The Bertz CT molecular complexity index is 476. The van der Waals surface area contributed by atoms with E-state index in [0.29, 0.717) is 17.1 Å². The van der Waals surface area contributed by atoms with Crippen LogP contribution < -0.4 is 11.1 Å². The van der Waals surface area contributed by atoms with Crippen LogP contribution in [-0.2, 0) is 7.05 Å². The zero-order valence-corrected chi connectivity index (χ0v) is 11.6. The molecule has 1 atom stereocenters. The maximum atomic E-state index is 12.3. The van der Waals surface area contributed by atoms with E-state index >= 15 is 0 Å². The number of anilines is 1. The lowest BCUT2D eigenvalue weighted by Gasteiger charge is -2.27. The second kappa shape index (κ2) is 4.30. The van der Waals surface area contributed by atoms with Crippen LogP contribution in [0.15, 0.2) is 0 Å². The van der Waals surface area contributed by atoms with Gasteiger partial charge in [-0.3, -0.25) is 9.48 Å². The van der Waals surface area contributed by atoms with Crippen LogP contribution in [0.3, 0.4) is 0 Å². The van der Waals surface area contributed by atoms with Crippen molar-refractivity contribution in [1.82, 2.24) is 15.1 Å². The first-order chi connectivity index (χ1) is 8.33. The Hall–Kier alpha value is -1.52. The molecule has 5 nitrogen and oxygen atoms in total. The molecule has 1 unspecified atom stereocenters. The second-order valence-corrected chi connectivity index (χ2v) is 5.88. The highest BCUT2D eigenvalue weighted by atomic mass is 16.2. The van der Waals surface area contributed by atoms with Crippen molar-refractivity contribution in [3.63, 3.8) is 0 Å². The zero-order valence-electron chi connectivity index (χ0n) is 11.6. The number of nitrogens with one attached hydrogen (secondary N) is 1. The lowest BCUT2D eigenvalue weighted by molar-refractivity contribution is 0.0901. The molecule has 0 radical (unpaired) electrons. The summed E-state index contributed by atoms with van der Waals surface area (Å²) in [5.74, 6) is -0.115. The highest BCUT2D eigenvalue weighted by molar-refractivity contribution is 5.98. The number of hydrogen-bond donors (Lipinski definition) is 2. The Morgan fingerprint density at radius 1 is 1.56 bits per heavy atom. The van der Waals surface area contributed by atoms with Gasteiger partial charge in [0.1, 0.15) is 5.69 Å².